The first-order valence-corrected chi connectivity index (χ1v) is 8.98. The van der Waals surface area contributed by atoms with Crippen LogP contribution >= 0.6 is 0 Å². The Hall–Kier alpha value is -2.35. The summed E-state index contributed by atoms with van der Waals surface area (Å²) in [7, 11) is 0. The van der Waals surface area contributed by atoms with Gasteiger partial charge in [0.1, 0.15) is 11.9 Å². The second-order valence-corrected chi connectivity index (χ2v) is 6.56. The molecule has 3 aromatic rings. The van der Waals surface area contributed by atoms with Gasteiger partial charge in [0, 0.05) is 26.2 Å². The SMILES string of the molecule is N=c1n(CCN2CCOCC2)c2ccccc2n1CC(O)c1ccco1. The molecule has 0 spiro atoms. The molecule has 1 aliphatic heterocycles. The van der Waals surface area contributed by atoms with Crippen molar-refractivity contribution in [1.29, 1.82) is 5.41 Å². The van der Waals surface area contributed by atoms with Crippen LogP contribution in [-0.2, 0) is 17.8 Å². The summed E-state index contributed by atoms with van der Waals surface area (Å²) in [6.45, 7) is 5.33. The molecule has 1 atom stereocenters. The summed E-state index contributed by atoms with van der Waals surface area (Å²) >= 11 is 0. The molecule has 138 valence electrons. The molecular formula is C19H24N4O3. The van der Waals surface area contributed by atoms with Crippen molar-refractivity contribution in [1.82, 2.24) is 14.0 Å². The number of ether oxygens (including phenoxy) is 1. The van der Waals surface area contributed by atoms with Crippen LogP contribution in [0.25, 0.3) is 11.0 Å². The van der Waals surface area contributed by atoms with Gasteiger partial charge in [-0.25, -0.2) is 0 Å². The number of imidazole rings is 1. The van der Waals surface area contributed by atoms with Crippen molar-refractivity contribution in [2.45, 2.75) is 19.2 Å². The van der Waals surface area contributed by atoms with Gasteiger partial charge in [0.05, 0.1) is 37.1 Å². The lowest BCUT2D eigenvalue weighted by molar-refractivity contribution is 0.0363. The van der Waals surface area contributed by atoms with E-state index in [1.165, 1.54) is 0 Å². The average Bonchev–Trinajstić information content (AvgIpc) is 3.29. The maximum atomic E-state index is 10.5. The Bertz CT molecular complexity index is 907. The number of rotatable bonds is 6. The van der Waals surface area contributed by atoms with Crippen molar-refractivity contribution in [2.24, 2.45) is 0 Å². The Balaban J connectivity index is 1.61. The highest BCUT2D eigenvalue weighted by Crippen LogP contribution is 2.19. The van der Waals surface area contributed by atoms with Crippen LogP contribution < -0.4 is 5.62 Å². The second-order valence-electron chi connectivity index (χ2n) is 6.56. The first-order valence-electron chi connectivity index (χ1n) is 8.98. The molecule has 1 unspecified atom stereocenters. The van der Waals surface area contributed by atoms with E-state index in [0.717, 1.165) is 50.4 Å². The summed E-state index contributed by atoms with van der Waals surface area (Å²) in [6, 6.07) is 11.5. The molecule has 3 heterocycles. The van der Waals surface area contributed by atoms with Gasteiger partial charge in [-0.2, -0.15) is 0 Å². The molecule has 1 saturated heterocycles. The number of para-hydroxylation sites is 2. The Labute approximate surface area is 151 Å². The number of fused-ring (bicyclic) bond motifs is 1. The number of aliphatic hydroxyl groups excluding tert-OH is 1. The minimum Gasteiger partial charge on any atom is -0.467 e. The number of aliphatic hydroxyl groups is 1. The normalized spacial score (nSPS) is 17.0. The molecule has 1 aromatic carbocycles. The van der Waals surface area contributed by atoms with Crippen LogP contribution in [0.3, 0.4) is 0 Å². The van der Waals surface area contributed by atoms with Gasteiger partial charge in [0.15, 0.2) is 0 Å². The Morgan fingerprint density at radius 3 is 2.42 bits per heavy atom. The average molecular weight is 356 g/mol. The molecule has 0 saturated carbocycles. The number of hydrogen-bond donors (Lipinski definition) is 2. The fraction of sp³-hybridized carbons (Fsp3) is 0.421. The number of hydrogen-bond acceptors (Lipinski definition) is 5. The molecule has 1 fully saturated rings. The fourth-order valence-corrected chi connectivity index (χ4v) is 3.52. The van der Waals surface area contributed by atoms with Crippen LogP contribution in [0, 0.1) is 5.41 Å². The van der Waals surface area contributed by atoms with Crippen molar-refractivity contribution < 1.29 is 14.3 Å². The predicted octanol–water partition coefficient (Wildman–Crippen LogP) is 1.58. The number of benzene rings is 1. The molecule has 2 aromatic heterocycles. The highest BCUT2D eigenvalue weighted by atomic mass is 16.5. The third-order valence-corrected chi connectivity index (χ3v) is 4.95. The topological polar surface area (TPSA) is 79.5 Å². The number of nitrogens with zero attached hydrogens (tertiary/aromatic N) is 3. The van der Waals surface area contributed by atoms with Gasteiger partial charge in [0.25, 0.3) is 0 Å². The maximum absolute atomic E-state index is 10.5. The zero-order valence-electron chi connectivity index (χ0n) is 14.7. The quantitative estimate of drug-likeness (QED) is 0.703. The van der Waals surface area contributed by atoms with Crippen LogP contribution in [0.4, 0.5) is 0 Å². The molecule has 0 bridgehead atoms. The fourth-order valence-electron chi connectivity index (χ4n) is 3.52. The lowest BCUT2D eigenvalue weighted by Crippen LogP contribution is -2.39. The molecule has 7 heteroatoms. The van der Waals surface area contributed by atoms with Crippen molar-refractivity contribution >= 4 is 11.0 Å². The van der Waals surface area contributed by atoms with Gasteiger partial charge < -0.3 is 23.4 Å². The van der Waals surface area contributed by atoms with Crippen molar-refractivity contribution in [3.8, 4) is 0 Å². The first kappa shape index (κ1) is 17.1. The number of furan rings is 1. The van der Waals surface area contributed by atoms with E-state index >= 15 is 0 Å². The third kappa shape index (κ3) is 3.33. The third-order valence-electron chi connectivity index (χ3n) is 4.95. The summed E-state index contributed by atoms with van der Waals surface area (Å²) < 4.78 is 14.6. The summed E-state index contributed by atoms with van der Waals surface area (Å²) in [5.74, 6) is 0.516. The molecular weight excluding hydrogens is 332 g/mol. The summed E-state index contributed by atoms with van der Waals surface area (Å²) in [5, 5.41) is 19.1. The Morgan fingerprint density at radius 1 is 1.00 bits per heavy atom. The van der Waals surface area contributed by atoms with Crippen molar-refractivity contribution in [3.05, 3.63) is 54.0 Å². The Morgan fingerprint density at radius 2 is 1.73 bits per heavy atom. The van der Waals surface area contributed by atoms with Gasteiger partial charge in [-0.3, -0.25) is 10.3 Å². The first-order chi connectivity index (χ1) is 12.7. The van der Waals surface area contributed by atoms with Crippen molar-refractivity contribution in [2.75, 3.05) is 32.8 Å². The zero-order chi connectivity index (χ0) is 17.9. The Kier molecular flexibility index (Phi) is 4.92. The van der Waals surface area contributed by atoms with E-state index in [4.69, 9.17) is 14.6 Å². The van der Waals surface area contributed by atoms with Crippen LogP contribution in [0.15, 0.2) is 47.1 Å². The maximum Gasteiger partial charge on any atom is 0.203 e. The van der Waals surface area contributed by atoms with Gasteiger partial charge in [0.2, 0.25) is 5.62 Å². The predicted molar refractivity (Wildman–Crippen MR) is 96.7 cm³/mol. The molecule has 4 rings (SSSR count). The minimum atomic E-state index is -0.780. The van der Waals surface area contributed by atoms with E-state index in [2.05, 4.69) is 4.90 Å². The number of morpholine rings is 1. The van der Waals surface area contributed by atoms with Gasteiger partial charge >= 0.3 is 0 Å². The monoisotopic (exact) mass is 356 g/mol. The van der Waals surface area contributed by atoms with E-state index in [-0.39, 0.29) is 6.54 Å². The van der Waals surface area contributed by atoms with Gasteiger partial charge in [-0.05, 0) is 24.3 Å². The second kappa shape index (κ2) is 7.49. The summed E-state index contributed by atoms with van der Waals surface area (Å²) in [5.41, 5.74) is 2.35. The molecule has 1 aliphatic rings. The standard InChI is InChI=1S/C19H24N4O3/c20-19-22(8-7-21-9-12-25-13-10-21)15-4-1-2-5-16(15)23(19)14-17(24)18-6-3-11-26-18/h1-6,11,17,20,24H,7-10,12-14H2. The lowest BCUT2D eigenvalue weighted by atomic mass is 10.2. The molecule has 0 radical (unpaired) electrons. The smallest absolute Gasteiger partial charge is 0.203 e. The van der Waals surface area contributed by atoms with Crippen molar-refractivity contribution in [3.63, 3.8) is 0 Å². The lowest BCUT2D eigenvalue weighted by Gasteiger charge is -2.26. The van der Waals surface area contributed by atoms with E-state index in [1.54, 1.807) is 18.4 Å². The van der Waals surface area contributed by atoms with Gasteiger partial charge in [-0.1, -0.05) is 12.1 Å². The number of aromatic nitrogens is 2. The van der Waals surface area contributed by atoms with Crippen LogP contribution in [0.1, 0.15) is 11.9 Å². The van der Waals surface area contributed by atoms with E-state index in [9.17, 15) is 5.11 Å². The highest BCUT2D eigenvalue weighted by Gasteiger charge is 2.17. The van der Waals surface area contributed by atoms with E-state index in [0.29, 0.717) is 11.4 Å². The zero-order valence-corrected chi connectivity index (χ0v) is 14.7. The van der Waals surface area contributed by atoms with Crippen LogP contribution in [0.5, 0.6) is 0 Å². The highest BCUT2D eigenvalue weighted by molar-refractivity contribution is 5.75. The summed E-state index contributed by atoms with van der Waals surface area (Å²) in [6.07, 6.45) is 0.772. The van der Waals surface area contributed by atoms with E-state index < -0.39 is 6.10 Å². The molecule has 0 amide bonds. The number of nitrogens with one attached hydrogen (secondary N) is 1. The molecule has 2 N–H and O–H groups in total. The van der Waals surface area contributed by atoms with E-state index in [1.807, 2.05) is 33.4 Å². The molecule has 7 nitrogen and oxygen atoms in total. The largest absolute Gasteiger partial charge is 0.467 e. The summed E-state index contributed by atoms with van der Waals surface area (Å²) in [4.78, 5) is 2.36. The molecule has 26 heavy (non-hydrogen) atoms. The van der Waals surface area contributed by atoms with Crippen LogP contribution in [-0.4, -0.2) is 52.0 Å². The minimum absolute atomic E-state index is 0.289. The van der Waals surface area contributed by atoms with Gasteiger partial charge in [-0.15, -0.1) is 0 Å². The molecule has 0 aliphatic carbocycles. The van der Waals surface area contributed by atoms with Crippen LogP contribution in [0.2, 0.25) is 0 Å².